The molecule has 0 bridgehead atoms. The molecule has 2 N–H and O–H groups in total. The predicted molar refractivity (Wildman–Crippen MR) is 115 cm³/mol. The number of hydrogen-bond donors (Lipinski definition) is 2. The molecule has 0 saturated heterocycles. The number of carbonyl (C=O) groups excluding carboxylic acids is 1. The first-order valence-corrected chi connectivity index (χ1v) is 10.6. The summed E-state index contributed by atoms with van der Waals surface area (Å²) in [7, 11) is 0. The zero-order valence-corrected chi connectivity index (χ0v) is 16.9. The molecule has 5 nitrogen and oxygen atoms in total. The van der Waals surface area contributed by atoms with E-state index in [0.717, 1.165) is 18.5 Å². The fourth-order valence-electron chi connectivity index (χ4n) is 3.66. The normalized spacial score (nSPS) is 23.3. The molecule has 1 fully saturated rings. The third-order valence-electron chi connectivity index (χ3n) is 5.54. The summed E-state index contributed by atoms with van der Waals surface area (Å²) in [5.41, 5.74) is 1.63. The van der Waals surface area contributed by atoms with Gasteiger partial charge in [0.15, 0.2) is 5.82 Å². The molecule has 0 aliphatic heterocycles. The number of nitrogens with one attached hydrogen (secondary N) is 2. The predicted octanol–water partition coefficient (Wildman–Crippen LogP) is 5.08. The van der Waals surface area contributed by atoms with Gasteiger partial charge in [0, 0.05) is 30.2 Å². The highest BCUT2D eigenvalue weighted by Gasteiger charge is 2.32. The lowest BCUT2D eigenvalue weighted by Gasteiger charge is -2.31. The number of H-pyrrole nitrogens is 1. The molecule has 0 spiro atoms. The van der Waals surface area contributed by atoms with Crippen LogP contribution in [0.15, 0.2) is 60.7 Å². The minimum atomic E-state index is -0.708. The number of benzene rings is 1. The van der Waals surface area contributed by atoms with Gasteiger partial charge in [-0.25, -0.2) is 0 Å². The number of hydrogen-bond acceptors (Lipinski definition) is 3. The number of carbonyl (C=O) groups is 1. The molecule has 2 aliphatic carbocycles. The summed E-state index contributed by atoms with van der Waals surface area (Å²) < 4.78 is 6.19. The third kappa shape index (κ3) is 5.04. The average Bonchev–Trinajstić information content (AvgIpc) is 3.49. The molecular weight excluding hydrogens is 362 g/mol. The Morgan fingerprint density at radius 3 is 2.69 bits per heavy atom. The van der Waals surface area contributed by atoms with Gasteiger partial charge in [0.05, 0.1) is 6.42 Å². The van der Waals surface area contributed by atoms with Crippen molar-refractivity contribution in [1.82, 2.24) is 10.2 Å². The number of nitrogens with zero attached hydrogens (tertiary/aromatic N) is 1. The summed E-state index contributed by atoms with van der Waals surface area (Å²) in [4.78, 5) is 12.8. The number of amides is 1. The van der Waals surface area contributed by atoms with Crippen LogP contribution in [0.2, 0.25) is 0 Å². The fourth-order valence-corrected chi connectivity index (χ4v) is 3.66. The highest BCUT2D eigenvalue weighted by molar-refractivity contribution is 5.91. The van der Waals surface area contributed by atoms with Crippen LogP contribution >= 0.6 is 0 Å². The van der Waals surface area contributed by atoms with E-state index in [1.807, 2.05) is 36.4 Å². The van der Waals surface area contributed by atoms with Gasteiger partial charge in [0.1, 0.15) is 5.60 Å². The van der Waals surface area contributed by atoms with Crippen LogP contribution in [0, 0.1) is 0 Å². The van der Waals surface area contributed by atoms with Crippen molar-refractivity contribution in [3.8, 4) is 0 Å². The number of aromatic nitrogens is 2. The third-order valence-corrected chi connectivity index (χ3v) is 5.54. The summed E-state index contributed by atoms with van der Waals surface area (Å²) in [5.74, 6) is 1.28. The molecule has 0 unspecified atom stereocenters. The molecule has 2 aromatic rings. The van der Waals surface area contributed by atoms with Crippen molar-refractivity contribution in [2.24, 2.45) is 0 Å². The second-order valence-corrected chi connectivity index (χ2v) is 8.02. The van der Waals surface area contributed by atoms with Gasteiger partial charge in [0.25, 0.3) is 0 Å². The van der Waals surface area contributed by atoms with Crippen molar-refractivity contribution in [2.75, 3.05) is 11.9 Å². The summed E-state index contributed by atoms with van der Waals surface area (Å²) in [6.45, 7) is 2.76. The molecule has 0 radical (unpaired) electrons. The van der Waals surface area contributed by atoms with Gasteiger partial charge in [0.2, 0.25) is 5.91 Å². The first-order chi connectivity index (χ1) is 14.2. The first-order valence-electron chi connectivity index (χ1n) is 10.6. The van der Waals surface area contributed by atoms with Crippen LogP contribution in [0.1, 0.15) is 62.1 Å². The Morgan fingerprint density at radius 1 is 1.24 bits per heavy atom. The number of anilines is 1. The lowest BCUT2D eigenvalue weighted by molar-refractivity contribution is -0.120. The molecule has 152 valence electrons. The second-order valence-electron chi connectivity index (χ2n) is 8.02. The molecule has 1 heterocycles. The topological polar surface area (TPSA) is 67.0 Å². The van der Waals surface area contributed by atoms with Gasteiger partial charge in [-0.1, -0.05) is 68.0 Å². The van der Waals surface area contributed by atoms with Gasteiger partial charge in [-0.3, -0.25) is 9.89 Å². The second kappa shape index (κ2) is 8.78. The van der Waals surface area contributed by atoms with Crippen molar-refractivity contribution < 1.29 is 9.53 Å². The Balaban J connectivity index is 1.43. The van der Waals surface area contributed by atoms with Crippen LogP contribution in [0.3, 0.4) is 0 Å². The summed E-state index contributed by atoms with van der Waals surface area (Å²) >= 11 is 0. The molecular formula is C24H29N3O2. The largest absolute Gasteiger partial charge is 0.366 e. The van der Waals surface area contributed by atoms with Gasteiger partial charge in [-0.2, -0.15) is 5.10 Å². The van der Waals surface area contributed by atoms with Gasteiger partial charge in [-0.05, 0) is 24.8 Å². The van der Waals surface area contributed by atoms with Crippen LogP contribution in [-0.4, -0.2) is 28.3 Å². The molecule has 2 aliphatic rings. The lowest BCUT2D eigenvalue weighted by Crippen LogP contribution is -2.35. The monoisotopic (exact) mass is 391 g/mol. The van der Waals surface area contributed by atoms with E-state index in [0.29, 0.717) is 18.3 Å². The van der Waals surface area contributed by atoms with E-state index in [-0.39, 0.29) is 18.2 Å². The standard InChI is InChI=1S/C24H29N3O2/c1-2-3-15-29-24(13-11-19(12-14-24)18-7-5-4-6-8-18)17-23(28)25-22-16-21(26-27-22)20-9-10-20/h4-8,11-14,16,19-20H,2-3,9-10,15,17H2,1H3,(H2,25,26,27,28). The highest BCUT2D eigenvalue weighted by Crippen LogP contribution is 2.39. The van der Waals surface area contributed by atoms with Gasteiger partial charge >= 0.3 is 0 Å². The molecule has 1 aromatic carbocycles. The molecule has 0 atom stereocenters. The number of allylic oxidation sites excluding steroid dienone is 2. The Kier molecular flexibility index (Phi) is 5.95. The zero-order valence-electron chi connectivity index (χ0n) is 16.9. The van der Waals surface area contributed by atoms with Crippen molar-refractivity contribution in [2.45, 2.75) is 56.5 Å². The smallest absolute Gasteiger partial charge is 0.229 e. The van der Waals surface area contributed by atoms with E-state index in [2.05, 4.69) is 46.7 Å². The number of rotatable bonds is 9. The molecule has 4 rings (SSSR count). The van der Waals surface area contributed by atoms with Gasteiger partial charge < -0.3 is 10.1 Å². The Hall–Kier alpha value is -2.66. The quantitative estimate of drug-likeness (QED) is 0.463. The van der Waals surface area contributed by atoms with Crippen LogP contribution in [0.4, 0.5) is 5.82 Å². The van der Waals surface area contributed by atoms with Crippen LogP contribution in [-0.2, 0) is 9.53 Å². The zero-order chi connectivity index (χ0) is 20.1. The molecule has 1 amide bonds. The van der Waals surface area contributed by atoms with Crippen LogP contribution < -0.4 is 5.32 Å². The lowest BCUT2D eigenvalue weighted by atomic mass is 9.86. The number of aromatic amines is 1. The van der Waals surface area contributed by atoms with Crippen LogP contribution in [0.5, 0.6) is 0 Å². The molecule has 1 aromatic heterocycles. The van der Waals surface area contributed by atoms with Crippen molar-refractivity contribution in [3.05, 3.63) is 72.0 Å². The molecule has 5 heteroatoms. The van der Waals surface area contributed by atoms with Gasteiger partial charge in [-0.15, -0.1) is 0 Å². The highest BCUT2D eigenvalue weighted by atomic mass is 16.5. The summed E-state index contributed by atoms with van der Waals surface area (Å²) in [6.07, 6.45) is 13.0. The van der Waals surface area contributed by atoms with Crippen molar-refractivity contribution in [3.63, 3.8) is 0 Å². The van der Waals surface area contributed by atoms with E-state index in [1.54, 1.807) is 0 Å². The summed E-state index contributed by atoms with van der Waals surface area (Å²) in [5, 5.41) is 10.2. The minimum Gasteiger partial charge on any atom is -0.366 e. The van der Waals surface area contributed by atoms with E-state index < -0.39 is 5.60 Å². The van der Waals surface area contributed by atoms with E-state index in [9.17, 15) is 4.79 Å². The van der Waals surface area contributed by atoms with Crippen molar-refractivity contribution in [1.29, 1.82) is 0 Å². The number of unbranched alkanes of at least 4 members (excludes halogenated alkanes) is 1. The first kappa shape index (κ1) is 19.6. The Labute approximate surface area is 172 Å². The molecule has 1 saturated carbocycles. The molecule has 29 heavy (non-hydrogen) atoms. The maximum absolute atomic E-state index is 12.8. The number of ether oxygens (including phenoxy) is 1. The Bertz CT molecular complexity index is 867. The fraction of sp³-hybridized carbons (Fsp3) is 0.417. The maximum atomic E-state index is 12.8. The maximum Gasteiger partial charge on any atom is 0.229 e. The van der Waals surface area contributed by atoms with Crippen LogP contribution in [0.25, 0.3) is 0 Å². The van der Waals surface area contributed by atoms with E-state index in [4.69, 9.17) is 4.74 Å². The van der Waals surface area contributed by atoms with E-state index in [1.165, 1.54) is 18.4 Å². The average molecular weight is 392 g/mol. The van der Waals surface area contributed by atoms with E-state index >= 15 is 0 Å². The Morgan fingerprint density at radius 2 is 2.00 bits per heavy atom. The summed E-state index contributed by atoms with van der Waals surface area (Å²) in [6, 6.07) is 12.3. The SMILES string of the molecule is CCCCOC1(CC(=O)Nc2cc(C3CC3)[nH]n2)C=CC(c2ccccc2)C=C1. The minimum absolute atomic E-state index is 0.0946. The van der Waals surface area contributed by atoms with Crippen molar-refractivity contribution >= 4 is 11.7 Å².